The van der Waals surface area contributed by atoms with Crippen molar-refractivity contribution in [3.8, 4) is 0 Å². The molecule has 0 unspecified atom stereocenters. The number of hydrogen-bond acceptors (Lipinski definition) is 3. The van der Waals surface area contributed by atoms with Gasteiger partial charge in [0.1, 0.15) is 0 Å². The molecule has 3 heteroatoms. The summed E-state index contributed by atoms with van der Waals surface area (Å²) in [5.41, 5.74) is 0. The molecule has 0 aromatic rings. The van der Waals surface area contributed by atoms with Gasteiger partial charge in [0.25, 0.3) is 0 Å². The Labute approximate surface area is 86.7 Å². The first-order valence-corrected chi connectivity index (χ1v) is 5.76. The monoisotopic (exact) mass is 198 g/mol. The van der Waals surface area contributed by atoms with Crippen LogP contribution in [0.2, 0.25) is 0 Å². The van der Waals surface area contributed by atoms with Crippen LogP contribution in [-0.4, -0.2) is 25.1 Å². The highest BCUT2D eigenvalue weighted by Crippen LogP contribution is 2.17. The van der Waals surface area contributed by atoms with Crippen molar-refractivity contribution in [2.24, 2.45) is 0 Å². The molecule has 0 aliphatic heterocycles. The normalized spacial score (nSPS) is 18.1. The number of hydrogen-bond donors (Lipinski definition) is 2. The van der Waals surface area contributed by atoms with E-state index in [0.29, 0.717) is 18.5 Å². The van der Waals surface area contributed by atoms with E-state index in [1.807, 2.05) is 6.92 Å². The third-order valence-electron chi connectivity index (χ3n) is 2.71. The molecule has 0 bridgehead atoms. The summed E-state index contributed by atoms with van der Waals surface area (Å²) >= 11 is 0. The van der Waals surface area contributed by atoms with Crippen molar-refractivity contribution in [2.45, 2.75) is 51.5 Å². The lowest BCUT2D eigenvalue weighted by Gasteiger charge is -2.22. The molecule has 3 nitrogen and oxygen atoms in total. The van der Waals surface area contributed by atoms with Gasteiger partial charge in [0.05, 0.1) is 6.61 Å². The highest BCUT2D eigenvalue weighted by molar-refractivity contribution is 5.72. The molecule has 1 aliphatic rings. The maximum atomic E-state index is 7.44. The zero-order chi connectivity index (χ0) is 10.2. The summed E-state index contributed by atoms with van der Waals surface area (Å²) in [6.45, 7) is 3.43. The highest BCUT2D eigenvalue weighted by Gasteiger charge is 2.12. The van der Waals surface area contributed by atoms with Gasteiger partial charge in [-0.3, -0.25) is 5.41 Å². The molecular formula is C11H22N2O. The molecule has 0 heterocycles. The molecule has 1 rings (SSSR count). The van der Waals surface area contributed by atoms with E-state index >= 15 is 0 Å². The van der Waals surface area contributed by atoms with Crippen molar-refractivity contribution >= 4 is 5.90 Å². The molecule has 0 saturated heterocycles. The molecule has 0 aromatic heterocycles. The van der Waals surface area contributed by atoms with E-state index in [4.69, 9.17) is 10.1 Å². The van der Waals surface area contributed by atoms with Crippen LogP contribution in [0, 0.1) is 5.41 Å². The first-order chi connectivity index (χ1) is 6.83. The maximum absolute atomic E-state index is 7.44. The predicted molar refractivity (Wildman–Crippen MR) is 58.8 cm³/mol. The summed E-state index contributed by atoms with van der Waals surface area (Å²) in [7, 11) is 0. The fraction of sp³-hybridized carbons (Fsp3) is 0.909. The van der Waals surface area contributed by atoms with Gasteiger partial charge in [-0.05, 0) is 19.8 Å². The molecule has 1 fully saturated rings. The van der Waals surface area contributed by atoms with Gasteiger partial charge in [-0.25, -0.2) is 0 Å². The van der Waals surface area contributed by atoms with Crippen molar-refractivity contribution < 1.29 is 4.74 Å². The third kappa shape index (κ3) is 4.61. The van der Waals surface area contributed by atoms with E-state index in [-0.39, 0.29) is 0 Å². The van der Waals surface area contributed by atoms with Crippen molar-refractivity contribution in [1.82, 2.24) is 5.32 Å². The van der Waals surface area contributed by atoms with E-state index in [2.05, 4.69) is 5.32 Å². The van der Waals surface area contributed by atoms with Crippen LogP contribution in [0.25, 0.3) is 0 Å². The number of rotatable bonds is 5. The van der Waals surface area contributed by atoms with Gasteiger partial charge in [0, 0.05) is 19.0 Å². The molecule has 0 spiro atoms. The van der Waals surface area contributed by atoms with Gasteiger partial charge in [-0.2, -0.15) is 0 Å². The molecule has 0 amide bonds. The first kappa shape index (κ1) is 11.5. The van der Waals surface area contributed by atoms with Gasteiger partial charge in [-0.15, -0.1) is 0 Å². The van der Waals surface area contributed by atoms with Crippen LogP contribution in [0.4, 0.5) is 0 Å². The molecule has 1 aliphatic carbocycles. The SMILES string of the molecule is CCOC(=N)CCNC1CCCCC1. The fourth-order valence-corrected chi connectivity index (χ4v) is 1.94. The van der Waals surface area contributed by atoms with Gasteiger partial charge in [-0.1, -0.05) is 19.3 Å². The third-order valence-corrected chi connectivity index (χ3v) is 2.71. The fourth-order valence-electron chi connectivity index (χ4n) is 1.94. The zero-order valence-electron chi connectivity index (χ0n) is 9.14. The van der Waals surface area contributed by atoms with Crippen molar-refractivity contribution in [2.75, 3.05) is 13.2 Å². The summed E-state index contributed by atoms with van der Waals surface area (Å²) in [5.74, 6) is 0.413. The summed E-state index contributed by atoms with van der Waals surface area (Å²) in [6, 6.07) is 0.693. The molecular weight excluding hydrogens is 176 g/mol. The largest absolute Gasteiger partial charge is 0.481 e. The lowest BCUT2D eigenvalue weighted by Crippen LogP contribution is -2.32. The van der Waals surface area contributed by atoms with E-state index in [1.165, 1.54) is 32.1 Å². The Bertz CT molecular complexity index is 165. The smallest absolute Gasteiger partial charge is 0.181 e. The van der Waals surface area contributed by atoms with Gasteiger partial charge >= 0.3 is 0 Å². The Morgan fingerprint density at radius 2 is 2.07 bits per heavy atom. The number of nitrogens with one attached hydrogen (secondary N) is 2. The van der Waals surface area contributed by atoms with Gasteiger partial charge in [0.2, 0.25) is 0 Å². The van der Waals surface area contributed by atoms with Crippen LogP contribution in [0.3, 0.4) is 0 Å². The van der Waals surface area contributed by atoms with Crippen LogP contribution in [0.15, 0.2) is 0 Å². The highest BCUT2D eigenvalue weighted by atomic mass is 16.5. The minimum Gasteiger partial charge on any atom is -0.481 e. The molecule has 14 heavy (non-hydrogen) atoms. The number of ether oxygens (including phenoxy) is 1. The van der Waals surface area contributed by atoms with Crippen molar-refractivity contribution in [3.05, 3.63) is 0 Å². The molecule has 2 N–H and O–H groups in total. The second kappa shape index (κ2) is 6.82. The topological polar surface area (TPSA) is 45.1 Å². The molecule has 0 aromatic carbocycles. The lowest BCUT2D eigenvalue weighted by atomic mass is 9.95. The second-order valence-corrected chi connectivity index (χ2v) is 3.90. The van der Waals surface area contributed by atoms with Crippen LogP contribution >= 0.6 is 0 Å². The van der Waals surface area contributed by atoms with Crippen molar-refractivity contribution in [3.63, 3.8) is 0 Å². The Morgan fingerprint density at radius 3 is 2.71 bits per heavy atom. The quantitative estimate of drug-likeness (QED) is 0.526. The Hall–Kier alpha value is -0.570. The molecule has 82 valence electrons. The molecule has 1 saturated carbocycles. The van der Waals surface area contributed by atoms with E-state index < -0.39 is 0 Å². The van der Waals surface area contributed by atoms with Crippen LogP contribution in [0.1, 0.15) is 45.4 Å². The summed E-state index contributed by atoms with van der Waals surface area (Å²) in [4.78, 5) is 0. The second-order valence-electron chi connectivity index (χ2n) is 3.90. The van der Waals surface area contributed by atoms with E-state index in [1.54, 1.807) is 0 Å². The Morgan fingerprint density at radius 1 is 1.36 bits per heavy atom. The van der Waals surface area contributed by atoms with Crippen molar-refractivity contribution in [1.29, 1.82) is 5.41 Å². The Balaban J connectivity index is 1.99. The molecule has 0 radical (unpaired) electrons. The summed E-state index contributed by atoms with van der Waals surface area (Å²) in [5, 5.41) is 10.9. The van der Waals surface area contributed by atoms with E-state index in [9.17, 15) is 0 Å². The first-order valence-electron chi connectivity index (χ1n) is 5.76. The lowest BCUT2D eigenvalue weighted by molar-refractivity contribution is 0.309. The zero-order valence-corrected chi connectivity index (χ0v) is 9.14. The summed E-state index contributed by atoms with van der Waals surface area (Å²) in [6.07, 6.45) is 7.46. The van der Waals surface area contributed by atoms with Gasteiger partial charge < -0.3 is 10.1 Å². The van der Waals surface area contributed by atoms with Crippen LogP contribution in [0.5, 0.6) is 0 Å². The average Bonchev–Trinajstić information content (AvgIpc) is 2.20. The van der Waals surface area contributed by atoms with E-state index in [0.717, 1.165) is 13.0 Å². The minimum absolute atomic E-state index is 0.413. The molecule has 0 atom stereocenters. The van der Waals surface area contributed by atoms with Gasteiger partial charge in [0.15, 0.2) is 5.90 Å². The Kier molecular flexibility index (Phi) is 5.60. The minimum atomic E-state index is 0.413. The average molecular weight is 198 g/mol. The summed E-state index contributed by atoms with van der Waals surface area (Å²) < 4.78 is 5.07. The van der Waals surface area contributed by atoms with Crippen LogP contribution < -0.4 is 5.32 Å². The standard InChI is InChI=1S/C11H22N2O/c1-2-14-11(12)8-9-13-10-6-4-3-5-7-10/h10,12-13H,2-9H2,1H3. The maximum Gasteiger partial charge on any atom is 0.181 e. The van der Waals surface area contributed by atoms with Crippen LogP contribution in [-0.2, 0) is 4.74 Å². The predicted octanol–water partition coefficient (Wildman–Crippen LogP) is 2.31.